The molecule has 0 bridgehead atoms. The van der Waals surface area contributed by atoms with E-state index < -0.39 is 0 Å². The number of phenols is 1. The van der Waals surface area contributed by atoms with Gasteiger partial charge < -0.3 is 10.5 Å². The third-order valence-corrected chi connectivity index (χ3v) is 3.22. The average molecular weight is 277 g/mol. The van der Waals surface area contributed by atoms with Crippen molar-refractivity contribution in [2.45, 2.75) is 6.54 Å². The monoisotopic (exact) mass is 277 g/mol. The lowest BCUT2D eigenvalue weighted by Gasteiger charge is -2.04. The summed E-state index contributed by atoms with van der Waals surface area (Å²) in [6, 6.07) is 17.1. The van der Waals surface area contributed by atoms with Crippen molar-refractivity contribution in [3.8, 4) is 5.75 Å². The molecule has 0 aliphatic carbocycles. The number of pyridine rings is 1. The Labute approximate surface area is 122 Å². The number of fused-ring (bicyclic) bond motifs is 1. The number of rotatable bonds is 4. The molecular weight excluding hydrogens is 262 g/mol. The zero-order valence-corrected chi connectivity index (χ0v) is 11.4. The first-order valence-corrected chi connectivity index (χ1v) is 6.71. The van der Waals surface area contributed by atoms with Gasteiger partial charge >= 0.3 is 0 Å². The van der Waals surface area contributed by atoms with Crippen molar-refractivity contribution in [3.63, 3.8) is 0 Å². The summed E-state index contributed by atoms with van der Waals surface area (Å²) in [5, 5.41) is 15.0. The highest BCUT2D eigenvalue weighted by atomic mass is 16.3. The highest BCUT2D eigenvalue weighted by Crippen LogP contribution is 2.15. The molecule has 0 aliphatic rings. The molecule has 0 saturated heterocycles. The van der Waals surface area contributed by atoms with Gasteiger partial charge in [0.2, 0.25) is 0 Å². The lowest BCUT2D eigenvalue weighted by atomic mass is 10.1. The van der Waals surface area contributed by atoms with Crippen LogP contribution in [0.1, 0.15) is 11.1 Å². The maximum Gasteiger partial charge on any atom is 0.120 e. The summed E-state index contributed by atoms with van der Waals surface area (Å²) in [5.74, 6) is 0.270. The SMILES string of the molecule is Oc1ccccc1CNN=Cc1cccc2cccnc12. The number of hydrazone groups is 1. The summed E-state index contributed by atoms with van der Waals surface area (Å²) in [7, 11) is 0. The predicted octanol–water partition coefficient (Wildman–Crippen LogP) is 3.06. The molecule has 2 aromatic carbocycles. The van der Waals surface area contributed by atoms with Crippen molar-refractivity contribution in [1.29, 1.82) is 0 Å². The zero-order valence-electron chi connectivity index (χ0n) is 11.4. The van der Waals surface area contributed by atoms with Gasteiger partial charge in [0.15, 0.2) is 0 Å². The summed E-state index contributed by atoms with van der Waals surface area (Å²) >= 11 is 0. The van der Waals surface area contributed by atoms with Crippen molar-refractivity contribution < 1.29 is 5.11 Å². The lowest BCUT2D eigenvalue weighted by molar-refractivity contribution is 0.465. The Morgan fingerprint density at radius 1 is 1.05 bits per heavy atom. The maximum absolute atomic E-state index is 9.67. The van der Waals surface area contributed by atoms with Crippen LogP contribution in [-0.2, 0) is 6.54 Å². The number of phenolic OH excluding ortho intramolecular Hbond substituents is 1. The highest BCUT2D eigenvalue weighted by Gasteiger charge is 1.99. The Morgan fingerprint density at radius 2 is 1.90 bits per heavy atom. The summed E-state index contributed by atoms with van der Waals surface area (Å²) in [5.41, 5.74) is 5.63. The van der Waals surface area contributed by atoms with Gasteiger partial charge in [-0.3, -0.25) is 4.98 Å². The number of hydrogen-bond donors (Lipinski definition) is 2. The lowest BCUT2D eigenvalue weighted by Crippen LogP contribution is -2.05. The van der Waals surface area contributed by atoms with Crippen molar-refractivity contribution in [2.75, 3.05) is 0 Å². The molecule has 3 aromatic rings. The maximum atomic E-state index is 9.67. The smallest absolute Gasteiger partial charge is 0.120 e. The molecule has 3 rings (SSSR count). The van der Waals surface area contributed by atoms with Gasteiger partial charge in [-0.05, 0) is 12.1 Å². The second-order valence-electron chi connectivity index (χ2n) is 4.64. The van der Waals surface area contributed by atoms with E-state index in [0.717, 1.165) is 22.0 Å². The number of nitrogens with zero attached hydrogens (tertiary/aromatic N) is 2. The number of aromatic hydroxyl groups is 1. The molecule has 2 N–H and O–H groups in total. The number of para-hydroxylation sites is 2. The van der Waals surface area contributed by atoms with Crippen LogP contribution >= 0.6 is 0 Å². The molecule has 0 atom stereocenters. The largest absolute Gasteiger partial charge is 0.508 e. The number of nitrogens with one attached hydrogen (secondary N) is 1. The first-order chi connectivity index (χ1) is 10.3. The zero-order chi connectivity index (χ0) is 14.5. The summed E-state index contributed by atoms with van der Waals surface area (Å²) in [6.07, 6.45) is 3.52. The fraction of sp³-hybridized carbons (Fsp3) is 0.0588. The molecule has 0 aliphatic heterocycles. The fourth-order valence-corrected chi connectivity index (χ4v) is 2.14. The van der Waals surface area contributed by atoms with Crippen LogP contribution < -0.4 is 5.43 Å². The Morgan fingerprint density at radius 3 is 2.81 bits per heavy atom. The molecule has 1 aromatic heterocycles. The van der Waals surface area contributed by atoms with Gasteiger partial charge in [0, 0.05) is 22.7 Å². The van der Waals surface area contributed by atoms with E-state index in [1.165, 1.54) is 0 Å². The number of aromatic nitrogens is 1. The molecule has 21 heavy (non-hydrogen) atoms. The molecule has 0 radical (unpaired) electrons. The molecule has 0 spiro atoms. The van der Waals surface area contributed by atoms with Crippen LogP contribution in [0.5, 0.6) is 5.75 Å². The first-order valence-electron chi connectivity index (χ1n) is 6.71. The van der Waals surface area contributed by atoms with Crippen molar-refractivity contribution in [1.82, 2.24) is 10.4 Å². The van der Waals surface area contributed by atoms with Gasteiger partial charge in [-0.15, -0.1) is 0 Å². The van der Waals surface area contributed by atoms with E-state index in [-0.39, 0.29) is 5.75 Å². The van der Waals surface area contributed by atoms with E-state index in [1.807, 2.05) is 42.5 Å². The minimum absolute atomic E-state index is 0.270. The molecule has 0 saturated carbocycles. The molecular formula is C17H15N3O. The van der Waals surface area contributed by atoms with E-state index in [0.29, 0.717) is 6.54 Å². The van der Waals surface area contributed by atoms with E-state index in [2.05, 4.69) is 15.5 Å². The van der Waals surface area contributed by atoms with E-state index in [1.54, 1.807) is 24.5 Å². The third kappa shape index (κ3) is 3.00. The topological polar surface area (TPSA) is 57.5 Å². The van der Waals surface area contributed by atoms with Gasteiger partial charge in [0.1, 0.15) is 5.75 Å². The Balaban J connectivity index is 1.72. The molecule has 104 valence electrons. The van der Waals surface area contributed by atoms with Gasteiger partial charge in [-0.2, -0.15) is 5.10 Å². The highest BCUT2D eigenvalue weighted by molar-refractivity contribution is 5.97. The summed E-state index contributed by atoms with van der Waals surface area (Å²) in [6.45, 7) is 0.474. The summed E-state index contributed by atoms with van der Waals surface area (Å²) in [4.78, 5) is 4.37. The van der Waals surface area contributed by atoms with Crippen molar-refractivity contribution in [3.05, 3.63) is 71.9 Å². The van der Waals surface area contributed by atoms with E-state index >= 15 is 0 Å². The standard InChI is InChI=1S/C17H15N3O/c21-16-9-2-1-5-14(16)11-19-20-12-15-7-3-6-13-8-4-10-18-17(13)15/h1-10,12,19,21H,11H2. The van der Waals surface area contributed by atoms with Gasteiger partial charge in [-0.1, -0.05) is 42.5 Å². The minimum Gasteiger partial charge on any atom is -0.508 e. The quantitative estimate of drug-likeness (QED) is 0.569. The van der Waals surface area contributed by atoms with Crippen LogP contribution in [0.3, 0.4) is 0 Å². The van der Waals surface area contributed by atoms with Crippen LogP contribution in [0.4, 0.5) is 0 Å². The van der Waals surface area contributed by atoms with Crippen molar-refractivity contribution >= 4 is 17.1 Å². The number of benzene rings is 2. The Bertz CT molecular complexity index is 778. The fourth-order valence-electron chi connectivity index (χ4n) is 2.14. The van der Waals surface area contributed by atoms with E-state index in [9.17, 15) is 5.11 Å². The first kappa shape index (κ1) is 13.1. The minimum atomic E-state index is 0.270. The molecule has 0 unspecified atom stereocenters. The normalized spacial score (nSPS) is 11.0. The molecule has 1 heterocycles. The molecule has 0 fully saturated rings. The van der Waals surface area contributed by atoms with Gasteiger partial charge in [0.25, 0.3) is 0 Å². The van der Waals surface area contributed by atoms with Gasteiger partial charge in [-0.25, -0.2) is 0 Å². The molecule has 4 heteroatoms. The Hall–Kier alpha value is -2.88. The third-order valence-electron chi connectivity index (χ3n) is 3.22. The van der Waals surface area contributed by atoms with E-state index in [4.69, 9.17) is 0 Å². The van der Waals surface area contributed by atoms with Crippen molar-refractivity contribution in [2.24, 2.45) is 5.10 Å². The van der Waals surface area contributed by atoms with Gasteiger partial charge in [0.05, 0.1) is 18.3 Å². The second kappa shape index (κ2) is 6.05. The predicted molar refractivity (Wildman–Crippen MR) is 84.3 cm³/mol. The van der Waals surface area contributed by atoms with Crippen LogP contribution in [0.2, 0.25) is 0 Å². The molecule has 0 amide bonds. The van der Waals surface area contributed by atoms with Crippen LogP contribution in [0, 0.1) is 0 Å². The Kier molecular flexibility index (Phi) is 3.78. The second-order valence-corrected chi connectivity index (χ2v) is 4.64. The summed E-state index contributed by atoms with van der Waals surface area (Å²) < 4.78 is 0. The number of hydrogen-bond acceptors (Lipinski definition) is 4. The average Bonchev–Trinajstić information content (AvgIpc) is 2.53. The van der Waals surface area contributed by atoms with Crippen LogP contribution in [0.15, 0.2) is 65.9 Å². The van der Waals surface area contributed by atoms with Crippen LogP contribution in [0.25, 0.3) is 10.9 Å². The molecule has 4 nitrogen and oxygen atoms in total. The van der Waals surface area contributed by atoms with Crippen LogP contribution in [-0.4, -0.2) is 16.3 Å².